The van der Waals surface area contributed by atoms with Crippen LogP contribution in [-0.4, -0.2) is 48.2 Å². The number of rotatable bonds is 5. The van der Waals surface area contributed by atoms with Gasteiger partial charge in [-0.2, -0.15) is 4.31 Å². The van der Waals surface area contributed by atoms with Gasteiger partial charge in [-0.15, -0.1) is 0 Å². The molecule has 3 aliphatic rings. The Bertz CT molecular complexity index is 775. The number of carboxylic acid groups (broad SMARTS) is 1. The Morgan fingerprint density at radius 3 is 2.92 bits per heavy atom. The smallest absolute Gasteiger partial charge is 0.308 e. The van der Waals surface area contributed by atoms with E-state index < -0.39 is 21.9 Å². The summed E-state index contributed by atoms with van der Waals surface area (Å²) in [5.41, 5.74) is 2.13. The fourth-order valence-corrected chi connectivity index (χ4v) is 6.40. The number of benzene rings is 1. The molecule has 2 bridgehead atoms. The molecule has 3 aliphatic heterocycles. The van der Waals surface area contributed by atoms with Gasteiger partial charge < -0.3 is 9.84 Å². The second-order valence-electron chi connectivity index (χ2n) is 6.92. The molecule has 0 amide bonds. The largest absolute Gasteiger partial charge is 0.493 e. The summed E-state index contributed by atoms with van der Waals surface area (Å²) >= 11 is 0. The van der Waals surface area contributed by atoms with Crippen LogP contribution in [0.3, 0.4) is 0 Å². The number of hydrogen-bond donors (Lipinski definition) is 1. The molecule has 4 rings (SSSR count). The number of fused-ring (bicyclic) bond motifs is 3. The maximum Gasteiger partial charge on any atom is 0.308 e. The van der Waals surface area contributed by atoms with Crippen molar-refractivity contribution >= 4 is 16.0 Å². The second-order valence-corrected chi connectivity index (χ2v) is 8.91. The zero-order valence-electron chi connectivity index (χ0n) is 13.3. The highest BCUT2D eigenvalue weighted by atomic mass is 32.2. The highest BCUT2D eigenvalue weighted by Crippen LogP contribution is 2.43. The van der Waals surface area contributed by atoms with E-state index in [1.165, 1.54) is 4.31 Å². The van der Waals surface area contributed by atoms with Gasteiger partial charge >= 0.3 is 5.97 Å². The van der Waals surface area contributed by atoms with Crippen LogP contribution in [0.4, 0.5) is 0 Å². The maximum absolute atomic E-state index is 12.8. The van der Waals surface area contributed by atoms with Crippen molar-refractivity contribution in [2.24, 2.45) is 5.92 Å². The number of carboxylic acids is 1. The Balaban J connectivity index is 1.47. The lowest BCUT2D eigenvalue weighted by Crippen LogP contribution is -2.39. The van der Waals surface area contributed by atoms with Crippen LogP contribution in [0.1, 0.15) is 30.4 Å². The van der Waals surface area contributed by atoms with Crippen molar-refractivity contribution in [3.63, 3.8) is 0 Å². The predicted octanol–water partition coefficient (Wildman–Crippen LogP) is 1.43. The topological polar surface area (TPSA) is 83.9 Å². The van der Waals surface area contributed by atoms with E-state index >= 15 is 0 Å². The number of carbonyl (C=O) groups is 1. The van der Waals surface area contributed by atoms with Crippen LogP contribution < -0.4 is 4.74 Å². The average Bonchev–Trinajstić information content (AvgIpc) is 3.26. The van der Waals surface area contributed by atoms with E-state index in [1.807, 2.05) is 18.2 Å². The average molecular weight is 351 g/mol. The molecule has 24 heavy (non-hydrogen) atoms. The van der Waals surface area contributed by atoms with Crippen molar-refractivity contribution in [3.8, 4) is 5.75 Å². The molecule has 0 spiro atoms. The number of nitrogens with zero attached hydrogens (tertiary/aromatic N) is 1. The van der Waals surface area contributed by atoms with E-state index in [1.54, 1.807) is 0 Å². The van der Waals surface area contributed by atoms with E-state index in [0.717, 1.165) is 29.7 Å². The standard InChI is InChI=1S/C17H21NO5S/c19-17(20)14-10-13-2-3-15(14)18(13)24(21,22)8-6-11-1-4-16-12(9-11)5-7-23-16/h1,4,9,13-15H,2-3,5-8,10H2,(H,19,20). The summed E-state index contributed by atoms with van der Waals surface area (Å²) in [4.78, 5) is 11.3. The summed E-state index contributed by atoms with van der Waals surface area (Å²) in [7, 11) is -3.44. The number of aryl methyl sites for hydroxylation is 1. The summed E-state index contributed by atoms with van der Waals surface area (Å²) in [6.07, 6.45) is 3.21. The molecule has 7 heteroatoms. The predicted molar refractivity (Wildman–Crippen MR) is 87.5 cm³/mol. The lowest BCUT2D eigenvalue weighted by molar-refractivity contribution is -0.142. The van der Waals surface area contributed by atoms with Crippen molar-refractivity contribution in [2.45, 2.75) is 44.2 Å². The third-order valence-corrected chi connectivity index (χ3v) is 7.45. The molecule has 3 unspecified atom stereocenters. The first-order valence-electron chi connectivity index (χ1n) is 8.44. The van der Waals surface area contributed by atoms with Gasteiger partial charge in [0.15, 0.2) is 0 Å². The summed E-state index contributed by atoms with van der Waals surface area (Å²) in [6, 6.07) is 5.36. The minimum Gasteiger partial charge on any atom is -0.493 e. The molecule has 0 saturated carbocycles. The number of aliphatic carboxylic acids is 1. The molecule has 0 radical (unpaired) electrons. The van der Waals surface area contributed by atoms with Crippen LogP contribution in [0, 0.1) is 5.92 Å². The molecular formula is C17H21NO5S. The highest BCUT2D eigenvalue weighted by molar-refractivity contribution is 7.89. The first-order valence-corrected chi connectivity index (χ1v) is 10.1. The van der Waals surface area contributed by atoms with E-state index in [2.05, 4.69) is 0 Å². The molecule has 1 aromatic rings. The fourth-order valence-electron chi connectivity index (χ4n) is 4.39. The molecule has 2 saturated heterocycles. The molecule has 0 aromatic heterocycles. The first-order chi connectivity index (χ1) is 11.5. The maximum atomic E-state index is 12.8. The lowest BCUT2D eigenvalue weighted by atomic mass is 9.89. The molecule has 3 atom stereocenters. The third-order valence-electron chi connectivity index (χ3n) is 5.51. The van der Waals surface area contributed by atoms with E-state index in [9.17, 15) is 18.3 Å². The second kappa shape index (κ2) is 5.74. The molecule has 130 valence electrons. The fraction of sp³-hybridized carbons (Fsp3) is 0.588. The number of ether oxygens (including phenoxy) is 1. The van der Waals surface area contributed by atoms with Gasteiger partial charge in [0.25, 0.3) is 0 Å². The summed E-state index contributed by atoms with van der Waals surface area (Å²) < 4.78 is 32.5. The lowest BCUT2D eigenvalue weighted by Gasteiger charge is -2.22. The van der Waals surface area contributed by atoms with Gasteiger partial charge in [-0.1, -0.05) is 12.1 Å². The first kappa shape index (κ1) is 15.9. The van der Waals surface area contributed by atoms with Gasteiger partial charge in [0.2, 0.25) is 10.0 Å². The van der Waals surface area contributed by atoms with Crippen molar-refractivity contribution in [3.05, 3.63) is 29.3 Å². The Morgan fingerprint density at radius 1 is 1.33 bits per heavy atom. The normalized spacial score (nSPS) is 28.8. The third kappa shape index (κ3) is 2.59. The SMILES string of the molecule is O=C(O)C1CC2CCC1N2S(=O)(=O)CCc1ccc2c(c1)CCO2. The molecule has 2 fully saturated rings. The Hall–Kier alpha value is -1.60. The zero-order chi connectivity index (χ0) is 16.9. The van der Waals surface area contributed by atoms with Gasteiger partial charge in [-0.05, 0) is 42.9 Å². The van der Waals surface area contributed by atoms with Gasteiger partial charge in [-0.25, -0.2) is 8.42 Å². The van der Waals surface area contributed by atoms with E-state index in [4.69, 9.17) is 4.74 Å². The molecular weight excluding hydrogens is 330 g/mol. The Labute approximate surface area is 141 Å². The van der Waals surface area contributed by atoms with Crippen LogP contribution in [0.5, 0.6) is 5.75 Å². The van der Waals surface area contributed by atoms with Gasteiger partial charge in [0, 0.05) is 18.5 Å². The van der Waals surface area contributed by atoms with Crippen molar-refractivity contribution < 1.29 is 23.1 Å². The zero-order valence-corrected chi connectivity index (χ0v) is 14.2. The number of hydrogen-bond acceptors (Lipinski definition) is 4. The highest BCUT2D eigenvalue weighted by Gasteiger charge is 2.53. The number of sulfonamides is 1. The van der Waals surface area contributed by atoms with E-state index in [0.29, 0.717) is 25.9 Å². The van der Waals surface area contributed by atoms with Gasteiger partial charge in [0.1, 0.15) is 5.75 Å². The Morgan fingerprint density at radius 2 is 2.17 bits per heavy atom. The monoisotopic (exact) mass is 351 g/mol. The minimum atomic E-state index is -3.44. The molecule has 0 aliphatic carbocycles. The van der Waals surface area contributed by atoms with Crippen molar-refractivity contribution in [1.82, 2.24) is 4.31 Å². The molecule has 3 heterocycles. The molecule has 1 N–H and O–H groups in total. The van der Waals surface area contributed by atoms with Crippen LogP contribution in [0.25, 0.3) is 0 Å². The molecule has 1 aromatic carbocycles. The summed E-state index contributed by atoms with van der Waals surface area (Å²) in [5, 5.41) is 9.28. The minimum absolute atomic E-state index is 0.0337. The van der Waals surface area contributed by atoms with Crippen LogP contribution >= 0.6 is 0 Å². The summed E-state index contributed by atoms with van der Waals surface area (Å²) in [6.45, 7) is 0.685. The van der Waals surface area contributed by atoms with Crippen LogP contribution in [0.2, 0.25) is 0 Å². The van der Waals surface area contributed by atoms with Gasteiger partial charge in [-0.3, -0.25) is 4.79 Å². The summed E-state index contributed by atoms with van der Waals surface area (Å²) in [5.74, 6) is -0.494. The van der Waals surface area contributed by atoms with E-state index in [-0.39, 0.29) is 17.8 Å². The van der Waals surface area contributed by atoms with Crippen LogP contribution in [0.15, 0.2) is 18.2 Å². The van der Waals surface area contributed by atoms with Crippen LogP contribution in [-0.2, 0) is 27.7 Å². The van der Waals surface area contributed by atoms with Crippen molar-refractivity contribution in [2.75, 3.05) is 12.4 Å². The Kier molecular flexibility index (Phi) is 3.80. The van der Waals surface area contributed by atoms with Gasteiger partial charge in [0.05, 0.1) is 18.3 Å². The quantitative estimate of drug-likeness (QED) is 0.868. The van der Waals surface area contributed by atoms with Crippen molar-refractivity contribution in [1.29, 1.82) is 0 Å². The molecule has 6 nitrogen and oxygen atoms in total.